The fourth-order valence-electron chi connectivity index (χ4n) is 3.58. The Kier molecular flexibility index (Phi) is 5.31. The third kappa shape index (κ3) is 4.20. The fraction of sp³-hybridized carbons (Fsp3) is 0.474. The standard InChI is InChI=1S/C19H20F4N4O3/c20-14-5-12(19(21,22)23)2-1-11(14)10-30-13-7-27(8-13)18(29)26-4-3-15-16(9-26)25-17(28)6-24-15/h1-2,5,13,24H,3-4,6-10H2,(H,25,28). The van der Waals surface area contributed by atoms with Crippen LogP contribution in [0.15, 0.2) is 29.6 Å². The van der Waals surface area contributed by atoms with E-state index in [1.165, 1.54) is 0 Å². The van der Waals surface area contributed by atoms with E-state index in [1.54, 1.807) is 9.80 Å². The van der Waals surface area contributed by atoms with Gasteiger partial charge in [-0.05, 0) is 12.1 Å². The zero-order chi connectivity index (χ0) is 21.5. The summed E-state index contributed by atoms with van der Waals surface area (Å²) in [5.74, 6) is -1.12. The van der Waals surface area contributed by atoms with Crippen molar-refractivity contribution in [3.8, 4) is 0 Å². The minimum Gasteiger partial charge on any atom is -0.378 e. The maximum Gasteiger partial charge on any atom is 0.416 e. The summed E-state index contributed by atoms with van der Waals surface area (Å²) < 4.78 is 57.2. The molecule has 0 aromatic heterocycles. The van der Waals surface area contributed by atoms with E-state index in [2.05, 4.69) is 10.6 Å². The third-order valence-corrected chi connectivity index (χ3v) is 5.34. The van der Waals surface area contributed by atoms with E-state index in [0.29, 0.717) is 44.4 Å². The molecule has 3 aliphatic heterocycles. The SMILES string of the molecule is O=C1CNC2=C(CN(C(=O)N3CC(OCc4ccc(C(F)(F)F)cc4F)C3)CC2)N1. The number of nitrogens with one attached hydrogen (secondary N) is 2. The lowest BCUT2D eigenvalue weighted by molar-refractivity contribution is -0.137. The van der Waals surface area contributed by atoms with Gasteiger partial charge in [0.2, 0.25) is 5.91 Å². The van der Waals surface area contributed by atoms with Crippen molar-refractivity contribution in [2.75, 3.05) is 32.7 Å². The molecule has 7 nitrogen and oxygen atoms in total. The largest absolute Gasteiger partial charge is 0.416 e. The first-order valence-electron chi connectivity index (χ1n) is 9.47. The van der Waals surface area contributed by atoms with Gasteiger partial charge in [0, 0.05) is 24.2 Å². The van der Waals surface area contributed by atoms with Gasteiger partial charge in [0.05, 0.1) is 50.2 Å². The van der Waals surface area contributed by atoms with Gasteiger partial charge in [0.1, 0.15) is 5.82 Å². The summed E-state index contributed by atoms with van der Waals surface area (Å²) in [4.78, 5) is 27.3. The summed E-state index contributed by atoms with van der Waals surface area (Å²) >= 11 is 0. The molecule has 1 aromatic carbocycles. The van der Waals surface area contributed by atoms with E-state index in [4.69, 9.17) is 4.74 Å². The average Bonchev–Trinajstić information content (AvgIpc) is 2.66. The molecule has 3 amide bonds. The van der Waals surface area contributed by atoms with Gasteiger partial charge in [-0.15, -0.1) is 0 Å². The number of alkyl halides is 3. The number of hydrogen-bond donors (Lipinski definition) is 2. The van der Waals surface area contributed by atoms with Crippen LogP contribution in [0.4, 0.5) is 22.4 Å². The van der Waals surface area contributed by atoms with Gasteiger partial charge in [0.15, 0.2) is 0 Å². The van der Waals surface area contributed by atoms with E-state index < -0.39 is 17.6 Å². The molecule has 162 valence electrons. The van der Waals surface area contributed by atoms with Crippen LogP contribution < -0.4 is 10.6 Å². The zero-order valence-corrected chi connectivity index (χ0v) is 15.9. The van der Waals surface area contributed by atoms with Crippen LogP contribution in [0, 0.1) is 5.82 Å². The Morgan fingerprint density at radius 1 is 1.20 bits per heavy atom. The topological polar surface area (TPSA) is 73.9 Å². The number of urea groups is 1. The summed E-state index contributed by atoms with van der Waals surface area (Å²) in [6.07, 6.45) is -4.29. The molecule has 0 bridgehead atoms. The molecule has 0 spiro atoms. The summed E-state index contributed by atoms with van der Waals surface area (Å²) in [5, 5.41) is 5.83. The third-order valence-electron chi connectivity index (χ3n) is 5.34. The predicted octanol–water partition coefficient (Wildman–Crippen LogP) is 1.80. The van der Waals surface area contributed by atoms with Gasteiger partial charge >= 0.3 is 12.2 Å². The molecule has 30 heavy (non-hydrogen) atoms. The van der Waals surface area contributed by atoms with Crippen molar-refractivity contribution in [1.82, 2.24) is 20.4 Å². The number of halogens is 4. The van der Waals surface area contributed by atoms with E-state index in [-0.39, 0.29) is 36.8 Å². The molecule has 0 aliphatic carbocycles. The van der Waals surface area contributed by atoms with Crippen LogP contribution in [0.2, 0.25) is 0 Å². The second-order valence-electron chi connectivity index (χ2n) is 7.45. The molecule has 1 saturated heterocycles. The Morgan fingerprint density at radius 2 is 1.97 bits per heavy atom. The van der Waals surface area contributed by atoms with E-state index in [1.807, 2.05) is 0 Å². The summed E-state index contributed by atoms with van der Waals surface area (Å²) in [6, 6.07) is 2.15. The minimum atomic E-state index is -4.60. The number of rotatable bonds is 3. The predicted molar refractivity (Wildman–Crippen MR) is 96.3 cm³/mol. The maximum atomic E-state index is 13.9. The van der Waals surface area contributed by atoms with Crippen LogP contribution in [0.25, 0.3) is 0 Å². The van der Waals surface area contributed by atoms with Gasteiger partial charge in [-0.25, -0.2) is 9.18 Å². The lowest BCUT2D eigenvalue weighted by atomic mass is 10.1. The van der Waals surface area contributed by atoms with Gasteiger partial charge in [0.25, 0.3) is 0 Å². The van der Waals surface area contributed by atoms with Gasteiger partial charge in [-0.2, -0.15) is 13.2 Å². The lowest BCUT2D eigenvalue weighted by Gasteiger charge is -2.43. The molecule has 0 radical (unpaired) electrons. The summed E-state index contributed by atoms with van der Waals surface area (Å²) in [7, 11) is 0. The van der Waals surface area contributed by atoms with Crippen molar-refractivity contribution in [2.24, 2.45) is 0 Å². The molecule has 3 aliphatic rings. The molecule has 11 heteroatoms. The van der Waals surface area contributed by atoms with Gasteiger partial charge in [-0.1, -0.05) is 6.07 Å². The number of hydrogen-bond acceptors (Lipinski definition) is 4. The van der Waals surface area contributed by atoms with Crippen LogP contribution in [0.3, 0.4) is 0 Å². The number of ether oxygens (including phenoxy) is 1. The molecule has 1 fully saturated rings. The van der Waals surface area contributed by atoms with Crippen LogP contribution in [-0.2, 0) is 22.3 Å². The number of benzene rings is 1. The zero-order valence-electron chi connectivity index (χ0n) is 15.9. The number of carbonyl (C=O) groups excluding carboxylic acids is 2. The Bertz CT molecular complexity index is 896. The van der Waals surface area contributed by atoms with Gasteiger partial charge < -0.3 is 25.2 Å². The number of carbonyl (C=O) groups is 2. The van der Waals surface area contributed by atoms with Crippen molar-refractivity contribution in [1.29, 1.82) is 0 Å². The maximum absolute atomic E-state index is 13.9. The Hall–Kier alpha value is -2.82. The molecular formula is C19H20F4N4O3. The van der Waals surface area contributed by atoms with E-state index >= 15 is 0 Å². The smallest absolute Gasteiger partial charge is 0.378 e. The van der Waals surface area contributed by atoms with Crippen LogP contribution in [0.5, 0.6) is 0 Å². The van der Waals surface area contributed by atoms with Crippen molar-refractivity contribution in [2.45, 2.75) is 25.3 Å². The monoisotopic (exact) mass is 428 g/mol. The lowest BCUT2D eigenvalue weighted by Crippen LogP contribution is -2.60. The highest BCUT2D eigenvalue weighted by molar-refractivity contribution is 5.82. The van der Waals surface area contributed by atoms with Crippen molar-refractivity contribution < 1.29 is 31.9 Å². The highest BCUT2D eigenvalue weighted by atomic mass is 19.4. The molecule has 2 N–H and O–H groups in total. The van der Waals surface area contributed by atoms with E-state index in [9.17, 15) is 27.2 Å². The molecule has 0 saturated carbocycles. The first-order chi connectivity index (χ1) is 14.2. The highest BCUT2D eigenvalue weighted by Crippen LogP contribution is 2.30. The Morgan fingerprint density at radius 3 is 2.67 bits per heavy atom. The van der Waals surface area contributed by atoms with Crippen molar-refractivity contribution in [3.05, 3.63) is 46.5 Å². The van der Waals surface area contributed by atoms with Crippen LogP contribution in [-0.4, -0.2) is 60.6 Å². The number of nitrogens with zero attached hydrogens (tertiary/aromatic N) is 2. The fourth-order valence-corrected chi connectivity index (χ4v) is 3.58. The molecular weight excluding hydrogens is 408 g/mol. The quantitative estimate of drug-likeness (QED) is 0.721. The van der Waals surface area contributed by atoms with Crippen molar-refractivity contribution in [3.63, 3.8) is 0 Å². The first-order valence-corrected chi connectivity index (χ1v) is 9.47. The molecule has 1 aromatic rings. The summed E-state index contributed by atoms with van der Waals surface area (Å²) in [6.45, 7) is 1.53. The van der Waals surface area contributed by atoms with Crippen LogP contribution in [0.1, 0.15) is 17.5 Å². The molecule has 3 heterocycles. The van der Waals surface area contributed by atoms with E-state index in [0.717, 1.165) is 17.8 Å². The second kappa shape index (κ2) is 7.78. The molecule has 4 rings (SSSR count). The Labute approximate surface area is 169 Å². The highest BCUT2D eigenvalue weighted by Gasteiger charge is 2.36. The van der Waals surface area contributed by atoms with Crippen LogP contribution >= 0.6 is 0 Å². The average molecular weight is 428 g/mol. The second-order valence-corrected chi connectivity index (χ2v) is 7.45. The number of amides is 3. The molecule has 0 atom stereocenters. The number of likely N-dealkylation sites (tertiary alicyclic amines) is 1. The minimum absolute atomic E-state index is 0.0313. The van der Waals surface area contributed by atoms with Crippen molar-refractivity contribution >= 4 is 11.9 Å². The van der Waals surface area contributed by atoms with Gasteiger partial charge in [-0.3, -0.25) is 4.79 Å². The Balaban J connectivity index is 1.25. The summed E-state index contributed by atoms with van der Waals surface area (Å²) in [5.41, 5.74) is 0.635. The molecule has 0 unspecified atom stereocenters. The first kappa shape index (κ1) is 20.5. The normalized spacial score (nSPS) is 19.8.